The Bertz CT molecular complexity index is 561. The molecule has 112 valence electrons. The fourth-order valence-corrected chi connectivity index (χ4v) is 2.37. The first kappa shape index (κ1) is 15.6. The Labute approximate surface area is 122 Å². The van der Waals surface area contributed by atoms with Crippen molar-refractivity contribution in [1.29, 1.82) is 0 Å². The average molecular weight is 293 g/mol. The third-order valence-corrected chi connectivity index (χ3v) is 3.39. The molecule has 1 unspecified atom stereocenters. The molecule has 0 spiro atoms. The highest BCUT2D eigenvalue weighted by Gasteiger charge is 2.13. The topological polar surface area (TPSA) is 12.0 Å². The van der Waals surface area contributed by atoms with Crippen LogP contribution in [0.4, 0.5) is 13.2 Å². The summed E-state index contributed by atoms with van der Waals surface area (Å²) < 4.78 is 39.6. The zero-order valence-corrected chi connectivity index (χ0v) is 11.9. The fraction of sp³-hybridized carbons (Fsp3) is 0.294. The highest BCUT2D eigenvalue weighted by atomic mass is 19.1. The number of halogens is 3. The van der Waals surface area contributed by atoms with E-state index in [4.69, 9.17) is 0 Å². The third-order valence-electron chi connectivity index (χ3n) is 3.39. The van der Waals surface area contributed by atoms with Crippen molar-refractivity contribution in [3.63, 3.8) is 0 Å². The Morgan fingerprint density at radius 3 is 2.10 bits per heavy atom. The van der Waals surface area contributed by atoms with Crippen molar-refractivity contribution in [2.75, 3.05) is 13.1 Å². The second-order valence-corrected chi connectivity index (χ2v) is 5.04. The summed E-state index contributed by atoms with van der Waals surface area (Å²) in [6.07, 6.45) is 0.493. The summed E-state index contributed by atoms with van der Waals surface area (Å²) in [4.78, 5) is 0. The molecule has 2 rings (SSSR count). The number of hydrogen-bond donors (Lipinski definition) is 1. The molecular weight excluding hydrogens is 275 g/mol. The van der Waals surface area contributed by atoms with Gasteiger partial charge in [-0.15, -0.1) is 0 Å². The summed E-state index contributed by atoms with van der Waals surface area (Å²) in [5.41, 5.74) is 1.54. The number of hydrogen-bond acceptors (Lipinski definition) is 1. The van der Waals surface area contributed by atoms with Crippen molar-refractivity contribution in [2.45, 2.75) is 19.3 Å². The van der Waals surface area contributed by atoms with Crippen LogP contribution in [0.25, 0.3) is 0 Å². The zero-order chi connectivity index (χ0) is 15.2. The minimum atomic E-state index is -0.577. The maximum Gasteiger partial charge on any atom is 0.126 e. The first-order valence-corrected chi connectivity index (χ1v) is 6.99. The van der Waals surface area contributed by atoms with E-state index in [1.54, 1.807) is 12.1 Å². The highest BCUT2D eigenvalue weighted by Crippen LogP contribution is 2.22. The van der Waals surface area contributed by atoms with E-state index in [2.05, 4.69) is 5.32 Å². The Balaban J connectivity index is 2.21. The SMILES string of the molecule is CCNCC(Cc1cc(F)cc(F)c1)c1ccc(F)cc1. The van der Waals surface area contributed by atoms with Crippen LogP contribution in [0.3, 0.4) is 0 Å². The van der Waals surface area contributed by atoms with Crippen LogP contribution < -0.4 is 5.32 Å². The number of nitrogens with one attached hydrogen (secondary N) is 1. The molecule has 0 amide bonds. The van der Waals surface area contributed by atoms with Crippen LogP contribution in [0.2, 0.25) is 0 Å². The second-order valence-electron chi connectivity index (χ2n) is 5.04. The predicted molar refractivity (Wildman–Crippen MR) is 77.7 cm³/mol. The molecule has 21 heavy (non-hydrogen) atoms. The van der Waals surface area contributed by atoms with E-state index < -0.39 is 11.6 Å². The average Bonchev–Trinajstić information content (AvgIpc) is 2.43. The van der Waals surface area contributed by atoms with E-state index in [-0.39, 0.29) is 11.7 Å². The first-order valence-electron chi connectivity index (χ1n) is 6.99. The lowest BCUT2D eigenvalue weighted by atomic mass is 9.91. The van der Waals surface area contributed by atoms with Gasteiger partial charge in [0.05, 0.1) is 0 Å². The monoisotopic (exact) mass is 293 g/mol. The van der Waals surface area contributed by atoms with E-state index in [0.29, 0.717) is 18.5 Å². The normalized spacial score (nSPS) is 12.4. The summed E-state index contributed by atoms with van der Waals surface area (Å²) in [6, 6.07) is 9.78. The predicted octanol–water partition coefficient (Wildman–Crippen LogP) is 4.04. The van der Waals surface area contributed by atoms with Crippen molar-refractivity contribution in [3.8, 4) is 0 Å². The molecule has 0 bridgehead atoms. The number of benzene rings is 2. The first-order chi connectivity index (χ1) is 10.1. The lowest BCUT2D eigenvalue weighted by Crippen LogP contribution is -2.22. The molecule has 0 heterocycles. The minimum Gasteiger partial charge on any atom is -0.316 e. The van der Waals surface area contributed by atoms with Gasteiger partial charge in [-0.3, -0.25) is 0 Å². The van der Waals surface area contributed by atoms with Crippen molar-refractivity contribution in [3.05, 3.63) is 71.0 Å². The Hall–Kier alpha value is -1.81. The molecule has 0 saturated heterocycles. The van der Waals surface area contributed by atoms with Crippen LogP contribution in [0, 0.1) is 17.5 Å². The van der Waals surface area contributed by atoms with Crippen LogP contribution in [0.15, 0.2) is 42.5 Å². The van der Waals surface area contributed by atoms with Gasteiger partial charge in [0.1, 0.15) is 17.5 Å². The Kier molecular flexibility index (Phi) is 5.39. The Morgan fingerprint density at radius 1 is 0.905 bits per heavy atom. The van der Waals surface area contributed by atoms with Crippen LogP contribution in [-0.2, 0) is 6.42 Å². The van der Waals surface area contributed by atoms with Crippen LogP contribution in [0.5, 0.6) is 0 Å². The van der Waals surface area contributed by atoms with Gasteiger partial charge in [0.25, 0.3) is 0 Å². The molecule has 2 aromatic carbocycles. The van der Waals surface area contributed by atoms with Gasteiger partial charge >= 0.3 is 0 Å². The highest BCUT2D eigenvalue weighted by molar-refractivity contribution is 5.26. The Morgan fingerprint density at radius 2 is 1.52 bits per heavy atom. The van der Waals surface area contributed by atoms with Crippen LogP contribution in [-0.4, -0.2) is 13.1 Å². The van der Waals surface area contributed by atoms with Gasteiger partial charge in [0.15, 0.2) is 0 Å². The number of rotatable bonds is 6. The molecule has 0 fully saturated rings. The second kappa shape index (κ2) is 7.27. The maximum atomic E-state index is 13.3. The van der Waals surface area contributed by atoms with Crippen molar-refractivity contribution >= 4 is 0 Å². The summed E-state index contributed by atoms with van der Waals surface area (Å²) in [5.74, 6) is -1.41. The standard InChI is InChI=1S/C17H18F3N/c1-2-21-11-14(13-3-5-15(18)6-4-13)7-12-8-16(19)10-17(20)9-12/h3-6,8-10,14,21H,2,7,11H2,1H3. The molecule has 0 saturated carbocycles. The van der Waals surface area contributed by atoms with Gasteiger partial charge in [-0.05, 0) is 48.4 Å². The zero-order valence-electron chi connectivity index (χ0n) is 11.9. The molecule has 0 radical (unpaired) electrons. The van der Waals surface area contributed by atoms with Gasteiger partial charge in [0.2, 0.25) is 0 Å². The van der Waals surface area contributed by atoms with Gasteiger partial charge < -0.3 is 5.32 Å². The molecule has 1 nitrogen and oxygen atoms in total. The summed E-state index contributed by atoms with van der Waals surface area (Å²) >= 11 is 0. The third kappa shape index (κ3) is 4.60. The molecule has 1 N–H and O–H groups in total. The van der Waals surface area contributed by atoms with Crippen molar-refractivity contribution < 1.29 is 13.2 Å². The summed E-state index contributed by atoms with van der Waals surface area (Å²) in [5, 5.41) is 3.23. The van der Waals surface area contributed by atoms with E-state index in [1.807, 2.05) is 6.92 Å². The van der Waals surface area contributed by atoms with Gasteiger partial charge in [-0.25, -0.2) is 13.2 Å². The molecule has 0 aromatic heterocycles. The largest absolute Gasteiger partial charge is 0.316 e. The molecule has 2 aromatic rings. The van der Waals surface area contributed by atoms with Crippen molar-refractivity contribution in [2.24, 2.45) is 0 Å². The van der Waals surface area contributed by atoms with E-state index >= 15 is 0 Å². The summed E-state index contributed by atoms with van der Waals surface area (Å²) in [6.45, 7) is 3.46. The lowest BCUT2D eigenvalue weighted by Gasteiger charge is -2.18. The van der Waals surface area contributed by atoms with Crippen LogP contribution >= 0.6 is 0 Å². The molecular formula is C17H18F3N. The summed E-state index contributed by atoms with van der Waals surface area (Å²) in [7, 11) is 0. The van der Waals surface area contributed by atoms with Gasteiger partial charge in [-0.2, -0.15) is 0 Å². The molecule has 1 atom stereocenters. The quantitative estimate of drug-likeness (QED) is 0.847. The van der Waals surface area contributed by atoms with Crippen LogP contribution in [0.1, 0.15) is 24.0 Å². The van der Waals surface area contributed by atoms with E-state index in [0.717, 1.165) is 18.2 Å². The number of likely N-dealkylation sites (N-methyl/N-ethyl adjacent to an activating group) is 1. The fourth-order valence-electron chi connectivity index (χ4n) is 2.37. The van der Waals surface area contributed by atoms with Crippen molar-refractivity contribution in [1.82, 2.24) is 5.32 Å². The van der Waals surface area contributed by atoms with E-state index in [9.17, 15) is 13.2 Å². The van der Waals surface area contributed by atoms with Gasteiger partial charge in [-0.1, -0.05) is 19.1 Å². The molecule has 0 aliphatic rings. The molecule has 0 aliphatic heterocycles. The van der Waals surface area contributed by atoms with Gasteiger partial charge in [0, 0.05) is 18.5 Å². The van der Waals surface area contributed by atoms with E-state index in [1.165, 1.54) is 24.3 Å². The maximum absolute atomic E-state index is 13.3. The minimum absolute atomic E-state index is 0.0340. The molecule has 0 aliphatic carbocycles. The smallest absolute Gasteiger partial charge is 0.126 e. The molecule has 4 heteroatoms. The lowest BCUT2D eigenvalue weighted by molar-refractivity contribution is 0.565.